The van der Waals surface area contributed by atoms with Gasteiger partial charge in [0.15, 0.2) is 6.61 Å². The summed E-state index contributed by atoms with van der Waals surface area (Å²) in [5.74, 6) is -0.442. The SMILES string of the molecule is CC(NS(=O)(=O)c1ccccc1)C(=O)OCc1nnc(-c2ccc(Cl)cc2)o1. The third-order valence-electron chi connectivity index (χ3n) is 3.63. The number of aromatic nitrogens is 2. The molecule has 0 fully saturated rings. The molecule has 0 aliphatic rings. The predicted molar refractivity (Wildman–Crippen MR) is 101 cm³/mol. The zero-order valence-electron chi connectivity index (χ0n) is 14.7. The van der Waals surface area contributed by atoms with Crippen molar-refractivity contribution in [3.63, 3.8) is 0 Å². The molecule has 1 atom stereocenters. The number of rotatable bonds is 7. The van der Waals surface area contributed by atoms with E-state index in [4.69, 9.17) is 20.8 Å². The maximum absolute atomic E-state index is 12.2. The van der Waals surface area contributed by atoms with Crippen LogP contribution in [0.2, 0.25) is 5.02 Å². The molecule has 0 saturated heterocycles. The molecule has 1 unspecified atom stereocenters. The molecule has 0 bridgehead atoms. The highest BCUT2D eigenvalue weighted by Crippen LogP contribution is 2.20. The van der Waals surface area contributed by atoms with E-state index in [1.807, 2.05) is 0 Å². The minimum atomic E-state index is -3.84. The minimum absolute atomic E-state index is 0.0548. The monoisotopic (exact) mass is 421 g/mol. The summed E-state index contributed by atoms with van der Waals surface area (Å²) in [4.78, 5) is 12.1. The smallest absolute Gasteiger partial charge is 0.324 e. The normalized spacial score (nSPS) is 12.5. The minimum Gasteiger partial charge on any atom is -0.454 e. The molecule has 0 radical (unpaired) electrons. The van der Waals surface area contributed by atoms with Gasteiger partial charge in [0, 0.05) is 10.6 Å². The van der Waals surface area contributed by atoms with Crippen LogP contribution in [0.15, 0.2) is 63.9 Å². The van der Waals surface area contributed by atoms with Crippen molar-refractivity contribution in [3.8, 4) is 11.5 Å². The molecule has 0 saturated carbocycles. The van der Waals surface area contributed by atoms with Crippen LogP contribution in [0.3, 0.4) is 0 Å². The molecule has 1 N–H and O–H groups in total. The first-order chi connectivity index (χ1) is 13.3. The molecule has 0 amide bonds. The van der Waals surface area contributed by atoms with Crippen LogP contribution in [0.1, 0.15) is 12.8 Å². The highest BCUT2D eigenvalue weighted by molar-refractivity contribution is 7.89. The summed E-state index contributed by atoms with van der Waals surface area (Å²) in [6, 6.07) is 13.4. The van der Waals surface area contributed by atoms with Crippen molar-refractivity contribution in [2.45, 2.75) is 24.5 Å². The maximum Gasteiger partial charge on any atom is 0.324 e. The van der Waals surface area contributed by atoms with Crippen LogP contribution in [-0.4, -0.2) is 30.6 Å². The molecule has 1 heterocycles. The van der Waals surface area contributed by atoms with Gasteiger partial charge in [-0.05, 0) is 43.3 Å². The molecule has 0 aliphatic heterocycles. The first-order valence-corrected chi connectivity index (χ1v) is 10.0. The topological polar surface area (TPSA) is 111 Å². The van der Waals surface area contributed by atoms with Crippen LogP contribution >= 0.6 is 11.6 Å². The van der Waals surface area contributed by atoms with Crippen molar-refractivity contribution in [1.29, 1.82) is 0 Å². The van der Waals surface area contributed by atoms with E-state index >= 15 is 0 Å². The quantitative estimate of drug-likeness (QED) is 0.584. The number of hydrogen-bond acceptors (Lipinski definition) is 7. The van der Waals surface area contributed by atoms with Gasteiger partial charge >= 0.3 is 5.97 Å². The van der Waals surface area contributed by atoms with E-state index in [-0.39, 0.29) is 23.3 Å². The van der Waals surface area contributed by atoms with Crippen LogP contribution in [0.5, 0.6) is 0 Å². The molecule has 3 rings (SSSR count). The van der Waals surface area contributed by atoms with Crippen molar-refractivity contribution in [2.75, 3.05) is 0 Å². The van der Waals surface area contributed by atoms with Crippen LogP contribution in [0, 0.1) is 0 Å². The Balaban J connectivity index is 1.57. The molecule has 2 aromatic carbocycles. The number of halogens is 1. The number of nitrogens with zero attached hydrogens (tertiary/aromatic N) is 2. The standard InChI is InChI=1S/C18H16ClN3O5S/c1-12(22-28(24,25)15-5-3-2-4-6-15)18(23)26-11-16-20-21-17(27-16)13-7-9-14(19)10-8-13/h2-10,12,22H,11H2,1H3. The van der Waals surface area contributed by atoms with E-state index in [0.717, 1.165) is 0 Å². The Labute approximate surface area is 166 Å². The van der Waals surface area contributed by atoms with E-state index in [2.05, 4.69) is 14.9 Å². The number of hydrogen-bond donors (Lipinski definition) is 1. The fraction of sp³-hybridized carbons (Fsp3) is 0.167. The molecule has 0 aliphatic carbocycles. The lowest BCUT2D eigenvalue weighted by Crippen LogP contribution is -2.39. The number of sulfonamides is 1. The first kappa shape index (κ1) is 20.0. The lowest BCUT2D eigenvalue weighted by Gasteiger charge is -2.13. The van der Waals surface area contributed by atoms with E-state index in [1.165, 1.54) is 19.1 Å². The highest BCUT2D eigenvalue weighted by atomic mass is 35.5. The zero-order chi connectivity index (χ0) is 20.1. The highest BCUT2D eigenvalue weighted by Gasteiger charge is 2.23. The molecule has 146 valence electrons. The van der Waals surface area contributed by atoms with Crippen LogP contribution in [0.25, 0.3) is 11.5 Å². The zero-order valence-corrected chi connectivity index (χ0v) is 16.3. The van der Waals surface area contributed by atoms with E-state index < -0.39 is 22.0 Å². The molecular formula is C18H16ClN3O5S. The Morgan fingerprint density at radius 2 is 1.82 bits per heavy atom. The third-order valence-corrected chi connectivity index (χ3v) is 5.44. The summed E-state index contributed by atoms with van der Waals surface area (Å²) in [5.41, 5.74) is 0.665. The summed E-state index contributed by atoms with van der Waals surface area (Å²) in [6.45, 7) is 1.10. The first-order valence-electron chi connectivity index (χ1n) is 8.17. The van der Waals surface area contributed by atoms with Crippen molar-refractivity contribution in [1.82, 2.24) is 14.9 Å². The second-order valence-electron chi connectivity index (χ2n) is 5.77. The van der Waals surface area contributed by atoms with Gasteiger partial charge in [0.1, 0.15) is 6.04 Å². The van der Waals surface area contributed by atoms with Gasteiger partial charge in [0.25, 0.3) is 5.89 Å². The average Bonchev–Trinajstić information content (AvgIpc) is 3.16. The van der Waals surface area contributed by atoms with Crippen molar-refractivity contribution < 1.29 is 22.4 Å². The summed E-state index contributed by atoms with van der Waals surface area (Å²) in [5, 5.41) is 8.25. The number of ether oxygens (including phenoxy) is 1. The maximum atomic E-state index is 12.2. The van der Waals surface area contributed by atoms with Crippen LogP contribution in [-0.2, 0) is 26.2 Å². The summed E-state index contributed by atoms with van der Waals surface area (Å²) in [6.07, 6.45) is 0. The van der Waals surface area contributed by atoms with Crippen molar-refractivity contribution in [3.05, 3.63) is 65.5 Å². The van der Waals surface area contributed by atoms with Crippen LogP contribution < -0.4 is 4.72 Å². The average molecular weight is 422 g/mol. The largest absolute Gasteiger partial charge is 0.454 e. The second kappa shape index (κ2) is 8.51. The van der Waals surface area contributed by atoms with Gasteiger partial charge in [-0.25, -0.2) is 8.42 Å². The van der Waals surface area contributed by atoms with E-state index in [0.29, 0.717) is 10.6 Å². The van der Waals surface area contributed by atoms with Gasteiger partial charge in [-0.3, -0.25) is 4.79 Å². The lowest BCUT2D eigenvalue weighted by atomic mass is 10.2. The van der Waals surface area contributed by atoms with Gasteiger partial charge in [0.2, 0.25) is 15.9 Å². The van der Waals surface area contributed by atoms with E-state index in [9.17, 15) is 13.2 Å². The van der Waals surface area contributed by atoms with Gasteiger partial charge < -0.3 is 9.15 Å². The predicted octanol–water partition coefficient (Wildman–Crippen LogP) is 2.80. The Hall–Kier alpha value is -2.75. The van der Waals surface area contributed by atoms with Crippen molar-refractivity contribution in [2.24, 2.45) is 0 Å². The van der Waals surface area contributed by atoms with Gasteiger partial charge in [0.05, 0.1) is 4.90 Å². The molecular weight excluding hydrogens is 406 g/mol. The second-order valence-corrected chi connectivity index (χ2v) is 7.92. The Bertz CT molecular complexity index is 1050. The van der Waals surface area contributed by atoms with Gasteiger partial charge in [-0.15, -0.1) is 10.2 Å². The fourth-order valence-electron chi connectivity index (χ4n) is 2.23. The molecule has 1 aromatic heterocycles. The molecule has 0 spiro atoms. The third kappa shape index (κ3) is 4.94. The number of benzene rings is 2. The summed E-state index contributed by atoms with van der Waals surface area (Å²) < 4.78 is 37.2. The molecule has 28 heavy (non-hydrogen) atoms. The molecule has 10 heteroatoms. The van der Waals surface area contributed by atoms with E-state index in [1.54, 1.807) is 42.5 Å². The lowest BCUT2D eigenvalue weighted by molar-refractivity contribution is -0.147. The van der Waals surface area contributed by atoms with Gasteiger partial charge in [-0.1, -0.05) is 29.8 Å². The fourth-order valence-corrected chi connectivity index (χ4v) is 3.57. The Morgan fingerprint density at radius 3 is 2.50 bits per heavy atom. The van der Waals surface area contributed by atoms with Gasteiger partial charge in [-0.2, -0.15) is 4.72 Å². The Kier molecular flexibility index (Phi) is 6.08. The molecule has 8 nitrogen and oxygen atoms in total. The number of nitrogens with one attached hydrogen (secondary N) is 1. The summed E-state index contributed by atoms with van der Waals surface area (Å²) >= 11 is 5.83. The number of esters is 1. The van der Waals surface area contributed by atoms with Crippen LogP contribution in [0.4, 0.5) is 0 Å². The molecule has 3 aromatic rings. The summed E-state index contributed by atoms with van der Waals surface area (Å²) in [7, 11) is -3.84. The Morgan fingerprint density at radius 1 is 1.14 bits per heavy atom. The van der Waals surface area contributed by atoms with Crippen molar-refractivity contribution >= 4 is 27.6 Å². The number of carbonyl (C=O) groups excluding carboxylic acids is 1. The number of carbonyl (C=O) groups is 1.